The molecule has 0 heterocycles. The number of aliphatic hydroxyl groups is 1. The largest absolute Gasteiger partial charge is 0.392 e. The lowest BCUT2D eigenvalue weighted by Gasteiger charge is -2.13. The summed E-state index contributed by atoms with van der Waals surface area (Å²) in [5.41, 5.74) is 0.828. The molecule has 0 aliphatic rings. The Kier molecular flexibility index (Phi) is 3.12. The van der Waals surface area contributed by atoms with Gasteiger partial charge in [-0.3, -0.25) is 0 Å². The Bertz CT molecular complexity index is 245. The third kappa shape index (κ3) is 2.22. The van der Waals surface area contributed by atoms with Crippen LogP contribution < -0.4 is 0 Å². The van der Waals surface area contributed by atoms with Crippen molar-refractivity contribution in [2.45, 2.75) is 18.3 Å². The number of benzene rings is 1. The van der Waals surface area contributed by atoms with Gasteiger partial charge in [-0.1, -0.05) is 12.1 Å². The average Bonchev–Trinajstić information content (AvgIpc) is 2.04. The predicted molar refractivity (Wildman–Crippen MR) is 49.8 cm³/mol. The summed E-state index contributed by atoms with van der Waals surface area (Å²) in [7, 11) is 0. The Morgan fingerprint density at radius 1 is 1.33 bits per heavy atom. The third-order valence-corrected chi connectivity index (χ3v) is 2.40. The molecule has 12 heavy (non-hydrogen) atoms. The zero-order valence-corrected chi connectivity index (χ0v) is 7.63. The van der Waals surface area contributed by atoms with Gasteiger partial charge in [0.25, 0.3) is 0 Å². The van der Waals surface area contributed by atoms with E-state index in [0.29, 0.717) is 0 Å². The highest BCUT2D eigenvalue weighted by Gasteiger charge is 2.11. The zero-order valence-electron chi connectivity index (χ0n) is 6.74. The minimum atomic E-state index is -0.529. The van der Waals surface area contributed by atoms with E-state index in [-0.39, 0.29) is 11.1 Å². The van der Waals surface area contributed by atoms with Crippen molar-refractivity contribution in [3.63, 3.8) is 0 Å². The highest BCUT2D eigenvalue weighted by molar-refractivity contribution is 7.80. The van der Waals surface area contributed by atoms with Gasteiger partial charge in [0.1, 0.15) is 5.82 Å². The second-order valence-corrected chi connectivity index (χ2v) is 3.29. The number of hydrogen-bond donors (Lipinski definition) is 2. The van der Waals surface area contributed by atoms with Gasteiger partial charge < -0.3 is 5.11 Å². The minimum Gasteiger partial charge on any atom is -0.392 e. The summed E-state index contributed by atoms with van der Waals surface area (Å²) in [6, 6.07) is 5.97. The number of aliphatic hydroxyl groups excluding tert-OH is 1. The number of hydrogen-bond acceptors (Lipinski definition) is 2. The molecule has 1 rings (SSSR count). The van der Waals surface area contributed by atoms with Gasteiger partial charge in [0.05, 0.1) is 11.4 Å². The monoisotopic (exact) mass is 186 g/mol. The first-order valence-electron chi connectivity index (χ1n) is 3.73. The summed E-state index contributed by atoms with van der Waals surface area (Å²) < 4.78 is 12.5. The Hall–Kier alpha value is -0.540. The molecule has 0 amide bonds. The summed E-state index contributed by atoms with van der Waals surface area (Å²) in [5.74, 6) is -0.273. The molecular weight excluding hydrogens is 175 g/mol. The predicted octanol–water partition coefficient (Wildman–Crippen LogP) is 2.18. The molecule has 0 radical (unpaired) electrons. The number of rotatable bonds is 2. The lowest BCUT2D eigenvalue weighted by molar-refractivity contribution is 0.192. The molecule has 0 aromatic heterocycles. The van der Waals surface area contributed by atoms with Crippen LogP contribution in [0.1, 0.15) is 17.7 Å². The van der Waals surface area contributed by atoms with E-state index in [0.717, 1.165) is 5.56 Å². The molecule has 1 aromatic carbocycles. The molecule has 1 N–H and O–H groups in total. The fourth-order valence-corrected chi connectivity index (χ4v) is 1.11. The van der Waals surface area contributed by atoms with Crippen molar-refractivity contribution in [1.29, 1.82) is 0 Å². The van der Waals surface area contributed by atoms with Crippen molar-refractivity contribution in [2.75, 3.05) is 0 Å². The van der Waals surface area contributed by atoms with Crippen molar-refractivity contribution in [3.05, 3.63) is 35.6 Å². The summed E-state index contributed by atoms with van der Waals surface area (Å²) in [5, 5.41) is 8.93. The van der Waals surface area contributed by atoms with E-state index < -0.39 is 6.10 Å². The van der Waals surface area contributed by atoms with Crippen LogP contribution in [0.15, 0.2) is 24.3 Å². The van der Waals surface area contributed by atoms with Gasteiger partial charge >= 0.3 is 0 Å². The van der Waals surface area contributed by atoms with E-state index >= 15 is 0 Å². The second-order valence-electron chi connectivity index (χ2n) is 2.74. The van der Waals surface area contributed by atoms with Crippen LogP contribution in [0.3, 0.4) is 0 Å². The molecule has 1 aromatic rings. The Labute approximate surface area is 76.6 Å². The van der Waals surface area contributed by atoms with Crippen LogP contribution in [0.5, 0.6) is 0 Å². The zero-order chi connectivity index (χ0) is 9.14. The van der Waals surface area contributed by atoms with E-state index in [2.05, 4.69) is 12.6 Å². The van der Waals surface area contributed by atoms with Crippen LogP contribution in [0.25, 0.3) is 0 Å². The summed E-state index contributed by atoms with van der Waals surface area (Å²) in [4.78, 5) is 0. The Morgan fingerprint density at radius 2 is 1.83 bits per heavy atom. The van der Waals surface area contributed by atoms with Crippen molar-refractivity contribution in [2.24, 2.45) is 0 Å². The highest BCUT2D eigenvalue weighted by atomic mass is 32.1. The van der Waals surface area contributed by atoms with E-state index in [1.807, 2.05) is 0 Å². The van der Waals surface area contributed by atoms with Gasteiger partial charge in [-0.15, -0.1) is 0 Å². The first kappa shape index (κ1) is 9.55. The van der Waals surface area contributed by atoms with Gasteiger partial charge in [0.2, 0.25) is 0 Å². The number of halogens is 1. The molecule has 0 fully saturated rings. The first-order valence-corrected chi connectivity index (χ1v) is 4.24. The van der Waals surface area contributed by atoms with Crippen molar-refractivity contribution < 1.29 is 9.50 Å². The smallest absolute Gasteiger partial charge is 0.123 e. The Morgan fingerprint density at radius 3 is 2.25 bits per heavy atom. The minimum absolute atomic E-state index is 0.245. The molecule has 0 bridgehead atoms. The van der Waals surface area contributed by atoms with E-state index in [1.165, 1.54) is 12.1 Å². The molecule has 0 aliphatic heterocycles. The van der Waals surface area contributed by atoms with Gasteiger partial charge in [0, 0.05) is 0 Å². The van der Waals surface area contributed by atoms with Gasteiger partial charge in [0.15, 0.2) is 0 Å². The topological polar surface area (TPSA) is 20.2 Å². The maximum Gasteiger partial charge on any atom is 0.123 e. The van der Waals surface area contributed by atoms with Crippen LogP contribution in [0.4, 0.5) is 4.39 Å². The SMILES string of the molecule is C[C@H](O)[C@@H](S)c1ccc(F)cc1. The van der Waals surface area contributed by atoms with Crippen LogP contribution in [-0.2, 0) is 0 Å². The van der Waals surface area contributed by atoms with Crippen LogP contribution in [0, 0.1) is 5.82 Å². The molecule has 66 valence electrons. The van der Waals surface area contributed by atoms with Crippen molar-refractivity contribution in [1.82, 2.24) is 0 Å². The van der Waals surface area contributed by atoms with Crippen molar-refractivity contribution >= 4 is 12.6 Å². The average molecular weight is 186 g/mol. The van der Waals surface area contributed by atoms with Crippen LogP contribution in [-0.4, -0.2) is 11.2 Å². The molecule has 0 unspecified atom stereocenters. The van der Waals surface area contributed by atoms with E-state index in [1.54, 1.807) is 19.1 Å². The summed E-state index contributed by atoms with van der Waals surface area (Å²) >= 11 is 4.18. The van der Waals surface area contributed by atoms with Gasteiger partial charge in [-0.25, -0.2) is 4.39 Å². The van der Waals surface area contributed by atoms with E-state index in [4.69, 9.17) is 0 Å². The normalized spacial score (nSPS) is 15.7. The molecular formula is C9H11FOS. The molecule has 3 heteroatoms. The molecule has 0 aliphatic carbocycles. The summed E-state index contributed by atoms with van der Waals surface area (Å²) in [6.45, 7) is 1.65. The van der Waals surface area contributed by atoms with Gasteiger partial charge in [-0.2, -0.15) is 12.6 Å². The lowest BCUT2D eigenvalue weighted by Crippen LogP contribution is -2.08. The highest BCUT2D eigenvalue weighted by Crippen LogP contribution is 2.23. The number of thiol groups is 1. The Balaban J connectivity index is 2.82. The fraction of sp³-hybridized carbons (Fsp3) is 0.333. The molecule has 1 nitrogen and oxygen atoms in total. The van der Waals surface area contributed by atoms with Crippen molar-refractivity contribution in [3.8, 4) is 0 Å². The van der Waals surface area contributed by atoms with Crippen LogP contribution in [0.2, 0.25) is 0 Å². The van der Waals surface area contributed by atoms with Gasteiger partial charge in [-0.05, 0) is 24.6 Å². The molecule has 2 atom stereocenters. The standard InChI is InChI=1S/C9H11FOS/c1-6(11)9(12)7-2-4-8(10)5-3-7/h2-6,9,11-12H,1H3/t6-,9+/m0/s1. The lowest BCUT2D eigenvalue weighted by atomic mass is 10.1. The quantitative estimate of drug-likeness (QED) is 0.678. The maximum absolute atomic E-state index is 12.5. The van der Waals surface area contributed by atoms with E-state index in [9.17, 15) is 9.50 Å². The molecule has 0 saturated heterocycles. The fourth-order valence-electron chi connectivity index (χ4n) is 0.938. The second kappa shape index (κ2) is 3.92. The first-order chi connectivity index (χ1) is 5.61. The molecule has 0 saturated carbocycles. The van der Waals surface area contributed by atoms with Crippen LogP contribution >= 0.6 is 12.6 Å². The maximum atomic E-state index is 12.5. The summed E-state index contributed by atoms with van der Waals surface area (Å²) in [6.07, 6.45) is -0.529. The molecule has 0 spiro atoms. The third-order valence-electron chi connectivity index (χ3n) is 1.67.